The van der Waals surface area contributed by atoms with Gasteiger partial charge in [0.05, 0.1) is 18.1 Å². The molecule has 1 N–H and O–H groups in total. The molecule has 1 aliphatic rings. The van der Waals surface area contributed by atoms with E-state index in [0.29, 0.717) is 17.7 Å². The fourth-order valence-electron chi connectivity index (χ4n) is 3.03. The van der Waals surface area contributed by atoms with Crippen LogP contribution in [0.2, 0.25) is 0 Å². The van der Waals surface area contributed by atoms with Crippen molar-refractivity contribution >= 4 is 9.84 Å². The molecule has 1 atom stereocenters. The average molecular weight is 362 g/mol. The van der Waals surface area contributed by atoms with E-state index in [4.69, 9.17) is 9.47 Å². The number of fused-ring (bicyclic) bond motifs is 1. The highest BCUT2D eigenvalue weighted by atomic mass is 32.2. The summed E-state index contributed by atoms with van der Waals surface area (Å²) in [4.78, 5) is 0.211. The Labute approximate surface area is 148 Å². The van der Waals surface area contributed by atoms with Crippen molar-refractivity contribution in [1.82, 2.24) is 0 Å². The molecule has 0 radical (unpaired) electrons. The zero-order valence-corrected chi connectivity index (χ0v) is 15.6. The maximum Gasteiger partial charge on any atom is 0.210 e. The molecule has 1 aliphatic heterocycles. The maximum atomic E-state index is 13.0. The van der Waals surface area contributed by atoms with Crippen molar-refractivity contribution in [3.63, 3.8) is 0 Å². The molecule has 1 heterocycles. The van der Waals surface area contributed by atoms with E-state index in [1.807, 2.05) is 20.8 Å². The smallest absolute Gasteiger partial charge is 0.210 e. The summed E-state index contributed by atoms with van der Waals surface area (Å²) in [6, 6.07) is 9.64. The average Bonchev–Trinajstić information content (AvgIpc) is 2.53. The Morgan fingerprint density at radius 1 is 1.20 bits per heavy atom. The first kappa shape index (κ1) is 17.8. The van der Waals surface area contributed by atoms with Gasteiger partial charge in [0, 0.05) is 18.1 Å². The van der Waals surface area contributed by atoms with Crippen LogP contribution in [-0.4, -0.2) is 26.2 Å². The fourth-order valence-corrected chi connectivity index (χ4v) is 4.47. The van der Waals surface area contributed by atoms with Gasteiger partial charge in [-0.15, -0.1) is 0 Å². The molecule has 0 saturated carbocycles. The van der Waals surface area contributed by atoms with Gasteiger partial charge in [-0.1, -0.05) is 17.7 Å². The number of benzene rings is 2. The lowest BCUT2D eigenvalue weighted by atomic mass is 9.92. The summed E-state index contributed by atoms with van der Waals surface area (Å²) >= 11 is 0. The van der Waals surface area contributed by atoms with Crippen molar-refractivity contribution in [2.75, 3.05) is 7.11 Å². The van der Waals surface area contributed by atoms with Gasteiger partial charge in [0.15, 0.2) is 0 Å². The van der Waals surface area contributed by atoms with E-state index >= 15 is 0 Å². The number of rotatable bonds is 3. The highest BCUT2D eigenvalue weighted by Crippen LogP contribution is 2.44. The van der Waals surface area contributed by atoms with Crippen LogP contribution in [0.5, 0.6) is 11.5 Å². The highest BCUT2D eigenvalue weighted by Gasteiger charge is 2.35. The van der Waals surface area contributed by atoms with Crippen LogP contribution in [0.1, 0.15) is 37.5 Å². The summed E-state index contributed by atoms with van der Waals surface area (Å²) in [6.45, 7) is 5.65. The number of aliphatic hydroxyl groups excluding tert-OH is 1. The molecule has 0 fully saturated rings. The second-order valence-electron chi connectivity index (χ2n) is 6.94. The number of aliphatic hydroxyl groups is 1. The summed E-state index contributed by atoms with van der Waals surface area (Å²) in [5.74, 6) is 0.646. The topological polar surface area (TPSA) is 72.8 Å². The maximum absolute atomic E-state index is 13.0. The van der Waals surface area contributed by atoms with Crippen LogP contribution < -0.4 is 9.47 Å². The molecule has 6 heteroatoms. The normalized spacial score (nSPS) is 19.0. The molecular weight excluding hydrogens is 340 g/mol. The van der Waals surface area contributed by atoms with Crippen LogP contribution in [0.15, 0.2) is 46.2 Å². The molecule has 0 saturated heterocycles. The minimum absolute atomic E-state index is 0.0277. The lowest BCUT2D eigenvalue weighted by Gasteiger charge is -2.36. The molecule has 25 heavy (non-hydrogen) atoms. The van der Waals surface area contributed by atoms with Crippen molar-refractivity contribution in [3.05, 3.63) is 47.5 Å². The van der Waals surface area contributed by atoms with Crippen LogP contribution in [0.3, 0.4) is 0 Å². The minimum Gasteiger partial charge on any atom is -0.495 e. The molecule has 5 nitrogen and oxygen atoms in total. The fraction of sp³-hybridized carbons (Fsp3) is 0.368. The van der Waals surface area contributed by atoms with E-state index in [2.05, 4.69) is 0 Å². The van der Waals surface area contributed by atoms with Crippen molar-refractivity contribution in [2.45, 2.75) is 48.7 Å². The molecule has 134 valence electrons. The Morgan fingerprint density at radius 3 is 2.44 bits per heavy atom. The van der Waals surface area contributed by atoms with Gasteiger partial charge >= 0.3 is 0 Å². The van der Waals surface area contributed by atoms with E-state index in [1.165, 1.54) is 13.2 Å². The summed E-state index contributed by atoms with van der Waals surface area (Å²) in [5.41, 5.74) is 0.905. The predicted octanol–water partition coefficient (Wildman–Crippen LogP) is 3.43. The van der Waals surface area contributed by atoms with Gasteiger partial charge in [-0.2, -0.15) is 0 Å². The van der Waals surface area contributed by atoms with Gasteiger partial charge in [-0.25, -0.2) is 8.42 Å². The SMILES string of the molecule is COc1cc2c(cc1S(=O)(=O)c1ccc(C)cc1)C(O)CC(C)(C)O2. The zero-order chi connectivity index (χ0) is 18.4. The first-order valence-corrected chi connectivity index (χ1v) is 9.53. The Hall–Kier alpha value is -2.05. The molecule has 0 spiro atoms. The second kappa shape index (κ2) is 6.04. The van der Waals surface area contributed by atoms with Gasteiger partial charge in [0.1, 0.15) is 22.0 Å². The third kappa shape index (κ3) is 3.24. The molecule has 2 aromatic carbocycles. The molecule has 2 aromatic rings. The third-order valence-electron chi connectivity index (χ3n) is 4.35. The largest absolute Gasteiger partial charge is 0.495 e. The van der Waals surface area contributed by atoms with Crippen molar-refractivity contribution in [3.8, 4) is 11.5 Å². The van der Waals surface area contributed by atoms with Gasteiger partial charge in [0.25, 0.3) is 0 Å². The molecule has 0 amide bonds. The minimum atomic E-state index is -3.78. The third-order valence-corrected chi connectivity index (χ3v) is 6.14. The lowest BCUT2D eigenvalue weighted by molar-refractivity contribution is 0.0111. The number of hydrogen-bond acceptors (Lipinski definition) is 5. The predicted molar refractivity (Wildman–Crippen MR) is 93.9 cm³/mol. The number of methoxy groups -OCH3 is 1. The molecule has 0 aromatic heterocycles. The number of ether oxygens (including phenoxy) is 2. The van der Waals surface area contributed by atoms with E-state index in [9.17, 15) is 13.5 Å². The molecule has 1 unspecified atom stereocenters. The van der Waals surface area contributed by atoms with Crippen molar-refractivity contribution < 1.29 is 23.0 Å². The molecule has 0 aliphatic carbocycles. The van der Waals surface area contributed by atoms with Crippen LogP contribution >= 0.6 is 0 Å². The standard InChI is InChI=1S/C19H22O5S/c1-12-5-7-13(8-6-12)25(21,22)18-9-14-15(20)11-19(2,3)24-16(14)10-17(18)23-4/h5-10,15,20H,11H2,1-4H3. The Kier molecular flexibility index (Phi) is 4.29. The van der Waals surface area contributed by atoms with E-state index in [-0.39, 0.29) is 15.5 Å². The second-order valence-corrected chi connectivity index (χ2v) is 8.86. The van der Waals surface area contributed by atoms with Gasteiger partial charge < -0.3 is 14.6 Å². The summed E-state index contributed by atoms with van der Waals surface area (Å²) in [6.07, 6.45) is -0.410. The van der Waals surface area contributed by atoms with Crippen LogP contribution in [0.4, 0.5) is 0 Å². The Morgan fingerprint density at radius 2 is 1.84 bits per heavy atom. The van der Waals surface area contributed by atoms with Crippen molar-refractivity contribution in [1.29, 1.82) is 0 Å². The highest BCUT2D eigenvalue weighted by molar-refractivity contribution is 7.91. The first-order chi connectivity index (χ1) is 11.6. The monoisotopic (exact) mass is 362 g/mol. The Bertz CT molecular complexity index is 898. The van der Waals surface area contributed by atoms with Crippen LogP contribution in [0.25, 0.3) is 0 Å². The number of hydrogen-bond donors (Lipinski definition) is 1. The lowest BCUT2D eigenvalue weighted by Crippen LogP contribution is -2.34. The van der Waals surface area contributed by atoms with Gasteiger partial charge in [-0.3, -0.25) is 0 Å². The Balaban J connectivity index is 2.17. The zero-order valence-electron chi connectivity index (χ0n) is 14.7. The number of sulfone groups is 1. The van der Waals surface area contributed by atoms with Crippen molar-refractivity contribution in [2.24, 2.45) is 0 Å². The first-order valence-electron chi connectivity index (χ1n) is 8.05. The number of aryl methyl sites for hydroxylation is 1. The molecule has 0 bridgehead atoms. The molecule has 3 rings (SSSR count). The van der Waals surface area contributed by atoms with Gasteiger partial charge in [-0.05, 0) is 39.0 Å². The van der Waals surface area contributed by atoms with E-state index < -0.39 is 21.5 Å². The summed E-state index contributed by atoms with van der Waals surface area (Å²) in [5, 5.41) is 10.4. The van der Waals surface area contributed by atoms with E-state index in [0.717, 1.165) is 5.56 Å². The summed E-state index contributed by atoms with van der Waals surface area (Å²) < 4.78 is 37.3. The van der Waals surface area contributed by atoms with Crippen LogP contribution in [-0.2, 0) is 9.84 Å². The van der Waals surface area contributed by atoms with E-state index in [1.54, 1.807) is 30.3 Å². The molecular formula is C19H22O5S. The summed E-state index contributed by atoms with van der Waals surface area (Å²) in [7, 11) is -2.36. The quantitative estimate of drug-likeness (QED) is 0.906. The van der Waals surface area contributed by atoms with Gasteiger partial charge in [0.2, 0.25) is 9.84 Å². The van der Waals surface area contributed by atoms with Crippen LogP contribution in [0, 0.1) is 6.92 Å².